The highest BCUT2D eigenvalue weighted by Crippen LogP contribution is 2.34. The zero-order chi connectivity index (χ0) is 17.3. The van der Waals surface area contributed by atoms with Gasteiger partial charge in [-0.25, -0.2) is 9.37 Å². The number of hydrogen-bond acceptors (Lipinski definition) is 3. The number of halogens is 3. The number of methoxy groups -OCH3 is 1. The van der Waals surface area contributed by atoms with Gasteiger partial charge in [0, 0.05) is 0 Å². The van der Waals surface area contributed by atoms with Crippen molar-refractivity contribution >= 4 is 45.9 Å². The van der Waals surface area contributed by atoms with Crippen LogP contribution in [0.5, 0.6) is 5.75 Å². The highest BCUT2D eigenvalue weighted by Gasteiger charge is 2.11. The Bertz CT molecular complexity index is 982. The van der Waals surface area contributed by atoms with E-state index in [4.69, 9.17) is 27.9 Å². The SMILES string of the molecule is COc1c(Cl)cc(/C=C(/C#N)c2nc3ccc(F)cc3[nH]2)cc1Cl. The summed E-state index contributed by atoms with van der Waals surface area (Å²) in [5.41, 5.74) is 1.97. The number of nitrogens with one attached hydrogen (secondary N) is 1. The largest absolute Gasteiger partial charge is 0.494 e. The lowest BCUT2D eigenvalue weighted by molar-refractivity contribution is 0.415. The van der Waals surface area contributed by atoms with Crippen LogP contribution in [0.1, 0.15) is 11.4 Å². The molecule has 3 aromatic rings. The number of benzene rings is 2. The first-order valence-electron chi connectivity index (χ1n) is 6.82. The van der Waals surface area contributed by atoms with Crippen molar-refractivity contribution in [2.75, 3.05) is 7.11 Å². The molecule has 0 atom stereocenters. The predicted octanol–water partition coefficient (Wildman–Crippen LogP) is 5.08. The standard InChI is InChI=1S/C17H10Cl2FN3O/c1-24-16-12(18)5-9(6-13(16)19)4-10(8-21)17-22-14-3-2-11(20)7-15(14)23-17/h2-7H,1H3,(H,22,23)/b10-4-. The number of aromatic nitrogens is 2. The molecular formula is C17H10Cl2FN3O. The second kappa shape index (κ2) is 6.52. The van der Waals surface area contributed by atoms with Crippen LogP contribution in [-0.2, 0) is 0 Å². The van der Waals surface area contributed by atoms with Crippen LogP contribution in [0.15, 0.2) is 30.3 Å². The molecule has 0 aliphatic rings. The van der Waals surface area contributed by atoms with Gasteiger partial charge in [0.05, 0.1) is 33.8 Å². The summed E-state index contributed by atoms with van der Waals surface area (Å²) in [7, 11) is 1.47. The third-order valence-electron chi connectivity index (χ3n) is 3.36. The van der Waals surface area contributed by atoms with Gasteiger partial charge in [0.2, 0.25) is 0 Å². The lowest BCUT2D eigenvalue weighted by Gasteiger charge is -2.06. The van der Waals surface area contributed by atoms with E-state index in [-0.39, 0.29) is 11.4 Å². The Hall–Kier alpha value is -2.55. The Morgan fingerprint density at radius 1 is 1.29 bits per heavy atom. The van der Waals surface area contributed by atoms with Crippen LogP contribution in [0.4, 0.5) is 4.39 Å². The van der Waals surface area contributed by atoms with Crippen molar-refractivity contribution in [3.63, 3.8) is 0 Å². The van der Waals surface area contributed by atoms with E-state index in [9.17, 15) is 9.65 Å². The van der Waals surface area contributed by atoms with Gasteiger partial charge in [-0.05, 0) is 42.0 Å². The molecule has 0 aliphatic carbocycles. The number of imidazole rings is 1. The number of ether oxygens (including phenoxy) is 1. The molecule has 4 nitrogen and oxygen atoms in total. The van der Waals surface area contributed by atoms with Crippen molar-refractivity contribution < 1.29 is 9.13 Å². The third kappa shape index (κ3) is 3.07. The molecule has 1 heterocycles. The van der Waals surface area contributed by atoms with E-state index in [0.29, 0.717) is 38.2 Å². The molecule has 0 saturated heterocycles. The molecular weight excluding hydrogens is 352 g/mol. The Morgan fingerprint density at radius 2 is 2.00 bits per heavy atom. The summed E-state index contributed by atoms with van der Waals surface area (Å²) in [6, 6.07) is 9.50. The number of hydrogen-bond donors (Lipinski definition) is 1. The number of allylic oxidation sites excluding steroid dienone is 1. The van der Waals surface area contributed by atoms with Crippen LogP contribution < -0.4 is 4.74 Å². The zero-order valence-electron chi connectivity index (χ0n) is 12.4. The Kier molecular flexibility index (Phi) is 4.43. The van der Waals surface area contributed by atoms with E-state index in [0.717, 1.165) is 0 Å². The quantitative estimate of drug-likeness (QED) is 0.661. The van der Waals surface area contributed by atoms with Crippen LogP contribution in [0.25, 0.3) is 22.7 Å². The summed E-state index contributed by atoms with van der Waals surface area (Å²) < 4.78 is 18.4. The molecule has 3 rings (SSSR count). The van der Waals surface area contributed by atoms with E-state index in [1.165, 1.54) is 19.2 Å². The molecule has 0 fully saturated rings. The molecule has 0 radical (unpaired) electrons. The molecule has 0 bridgehead atoms. The van der Waals surface area contributed by atoms with E-state index in [1.807, 2.05) is 0 Å². The Labute approximate surface area is 147 Å². The van der Waals surface area contributed by atoms with Gasteiger partial charge in [-0.3, -0.25) is 0 Å². The second-order valence-corrected chi connectivity index (χ2v) is 5.75. The fourth-order valence-electron chi connectivity index (χ4n) is 2.29. The monoisotopic (exact) mass is 361 g/mol. The molecule has 0 spiro atoms. The minimum Gasteiger partial charge on any atom is -0.494 e. The van der Waals surface area contributed by atoms with Crippen molar-refractivity contribution in [3.05, 3.63) is 57.6 Å². The lowest BCUT2D eigenvalue weighted by atomic mass is 10.1. The topological polar surface area (TPSA) is 61.7 Å². The van der Waals surface area contributed by atoms with Crippen molar-refractivity contribution in [2.45, 2.75) is 0 Å². The molecule has 1 aromatic heterocycles. The first-order chi connectivity index (χ1) is 11.5. The smallest absolute Gasteiger partial charge is 0.156 e. The van der Waals surface area contributed by atoms with E-state index >= 15 is 0 Å². The molecule has 0 unspecified atom stereocenters. The van der Waals surface area contributed by atoms with E-state index in [2.05, 4.69) is 16.0 Å². The Morgan fingerprint density at radius 3 is 2.62 bits per heavy atom. The first-order valence-corrected chi connectivity index (χ1v) is 7.58. The number of H-pyrrole nitrogens is 1. The molecule has 0 amide bonds. The zero-order valence-corrected chi connectivity index (χ0v) is 13.9. The van der Waals surface area contributed by atoms with Crippen molar-refractivity contribution in [2.24, 2.45) is 0 Å². The molecule has 1 N–H and O–H groups in total. The van der Waals surface area contributed by atoms with Crippen molar-refractivity contribution in [1.82, 2.24) is 9.97 Å². The molecule has 2 aromatic carbocycles. The van der Waals surface area contributed by atoms with Crippen LogP contribution in [0, 0.1) is 17.1 Å². The number of nitrogens with zero attached hydrogens (tertiary/aromatic N) is 2. The average Bonchev–Trinajstić information content (AvgIpc) is 2.95. The van der Waals surface area contributed by atoms with Gasteiger partial charge in [0.1, 0.15) is 17.7 Å². The van der Waals surface area contributed by atoms with Gasteiger partial charge in [-0.2, -0.15) is 5.26 Å². The summed E-state index contributed by atoms with van der Waals surface area (Å²) in [5.74, 6) is 0.322. The van der Waals surface area contributed by atoms with Gasteiger partial charge >= 0.3 is 0 Å². The number of rotatable bonds is 3. The minimum absolute atomic E-state index is 0.268. The van der Waals surface area contributed by atoms with Crippen LogP contribution in [0.2, 0.25) is 10.0 Å². The maximum absolute atomic E-state index is 13.3. The average molecular weight is 362 g/mol. The molecule has 0 aliphatic heterocycles. The normalized spacial score (nSPS) is 11.5. The van der Waals surface area contributed by atoms with Crippen LogP contribution >= 0.6 is 23.2 Å². The van der Waals surface area contributed by atoms with Crippen molar-refractivity contribution in [1.29, 1.82) is 5.26 Å². The number of fused-ring (bicyclic) bond motifs is 1. The van der Waals surface area contributed by atoms with Gasteiger partial charge in [-0.15, -0.1) is 0 Å². The third-order valence-corrected chi connectivity index (χ3v) is 3.92. The summed E-state index contributed by atoms with van der Waals surface area (Å²) in [5, 5.41) is 10.1. The van der Waals surface area contributed by atoms with Crippen LogP contribution in [-0.4, -0.2) is 17.1 Å². The maximum atomic E-state index is 13.3. The molecule has 24 heavy (non-hydrogen) atoms. The number of nitriles is 1. The lowest BCUT2D eigenvalue weighted by Crippen LogP contribution is -1.88. The fourth-order valence-corrected chi connectivity index (χ4v) is 2.95. The van der Waals surface area contributed by atoms with Crippen LogP contribution in [0.3, 0.4) is 0 Å². The maximum Gasteiger partial charge on any atom is 0.156 e. The number of aromatic amines is 1. The predicted molar refractivity (Wildman–Crippen MR) is 92.5 cm³/mol. The van der Waals surface area contributed by atoms with E-state index < -0.39 is 0 Å². The summed E-state index contributed by atoms with van der Waals surface area (Å²) in [6.07, 6.45) is 1.59. The van der Waals surface area contributed by atoms with Gasteiger partial charge in [-0.1, -0.05) is 23.2 Å². The first kappa shape index (κ1) is 16.3. The second-order valence-electron chi connectivity index (χ2n) is 4.93. The van der Waals surface area contributed by atoms with E-state index in [1.54, 1.807) is 24.3 Å². The minimum atomic E-state index is -0.381. The molecule has 120 valence electrons. The molecule has 7 heteroatoms. The van der Waals surface area contributed by atoms with Gasteiger partial charge in [0.15, 0.2) is 5.75 Å². The molecule has 0 saturated carbocycles. The fraction of sp³-hybridized carbons (Fsp3) is 0.0588. The summed E-state index contributed by atoms with van der Waals surface area (Å²) in [6.45, 7) is 0. The summed E-state index contributed by atoms with van der Waals surface area (Å²) in [4.78, 5) is 7.22. The highest BCUT2D eigenvalue weighted by atomic mass is 35.5. The van der Waals surface area contributed by atoms with Gasteiger partial charge in [0.25, 0.3) is 0 Å². The summed E-state index contributed by atoms with van der Waals surface area (Å²) >= 11 is 12.2. The van der Waals surface area contributed by atoms with Crippen molar-refractivity contribution in [3.8, 4) is 11.8 Å². The Balaban J connectivity index is 2.07. The van der Waals surface area contributed by atoms with Gasteiger partial charge < -0.3 is 9.72 Å². The highest BCUT2D eigenvalue weighted by molar-refractivity contribution is 6.37.